The summed E-state index contributed by atoms with van der Waals surface area (Å²) in [7, 11) is 1.75. The fraction of sp³-hybridized carbons (Fsp3) is 0.667. The highest BCUT2D eigenvalue weighted by Gasteiger charge is 1.99. The number of rotatable bonds is 11. The van der Waals surface area contributed by atoms with Gasteiger partial charge in [-0.2, -0.15) is 0 Å². The van der Waals surface area contributed by atoms with Crippen molar-refractivity contribution < 1.29 is 4.74 Å². The molecule has 1 aromatic carbocycles. The standard InChI is InChI=1S/C18H31NO/c1-16(2)18-11-9-17(10-12-18)8-6-4-5-7-13-19-14-15-20-3/h9-12,16,19H,4-8,13-15H2,1-3H3. The Morgan fingerprint density at radius 3 is 2.30 bits per heavy atom. The van der Waals surface area contributed by atoms with Crippen LogP contribution in [0.15, 0.2) is 24.3 Å². The molecular weight excluding hydrogens is 246 g/mol. The minimum absolute atomic E-state index is 0.634. The molecule has 0 saturated heterocycles. The van der Waals surface area contributed by atoms with E-state index in [-0.39, 0.29) is 0 Å². The number of benzene rings is 1. The van der Waals surface area contributed by atoms with Gasteiger partial charge in [0.2, 0.25) is 0 Å². The molecule has 1 N–H and O–H groups in total. The fourth-order valence-corrected chi connectivity index (χ4v) is 2.30. The minimum atomic E-state index is 0.634. The summed E-state index contributed by atoms with van der Waals surface area (Å²) in [5, 5.41) is 3.39. The van der Waals surface area contributed by atoms with Gasteiger partial charge < -0.3 is 10.1 Å². The van der Waals surface area contributed by atoms with Crippen molar-refractivity contribution in [1.29, 1.82) is 0 Å². The highest BCUT2D eigenvalue weighted by molar-refractivity contribution is 5.24. The Morgan fingerprint density at radius 1 is 0.950 bits per heavy atom. The second-order valence-corrected chi connectivity index (χ2v) is 5.80. The van der Waals surface area contributed by atoms with Gasteiger partial charge in [-0.25, -0.2) is 0 Å². The summed E-state index contributed by atoms with van der Waals surface area (Å²) in [5.74, 6) is 0.634. The van der Waals surface area contributed by atoms with Gasteiger partial charge in [-0.05, 0) is 42.9 Å². The van der Waals surface area contributed by atoms with Crippen LogP contribution >= 0.6 is 0 Å². The lowest BCUT2D eigenvalue weighted by Gasteiger charge is -2.07. The lowest BCUT2D eigenvalue weighted by Crippen LogP contribution is -2.20. The van der Waals surface area contributed by atoms with Crippen molar-refractivity contribution in [2.45, 2.75) is 51.9 Å². The highest BCUT2D eigenvalue weighted by Crippen LogP contribution is 2.16. The maximum atomic E-state index is 5.00. The molecule has 20 heavy (non-hydrogen) atoms. The number of hydrogen-bond donors (Lipinski definition) is 1. The smallest absolute Gasteiger partial charge is 0.0587 e. The molecule has 0 aliphatic rings. The predicted molar refractivity (Wildman–Crippen MR) is 87.4 cm³/mol. The Bertz CT molecular complexity index is 332. The highest BCUT2D eigenvalue weighted by atomic mass is 16.5. The molecule has 114 valence electrons. The van der Waals surface area contributed by atoms with Gasteiger partial charge in [0.05, 0.1) is 6.61 Å². The van der Waals surface area contributed by atoms with E-state index < -0.39 is 0 Å². The van der Waals surface area contributed by atoms with Gasteiger partial charge in [0.25, 0.3) is 0 Å². The maximum absolute atomic E-state index is 5.00. The summed E-state index contributed by atoms with van der Waals surface area (Å²) < 4.78 is 5.00. The van der Waals surface area contributed by atoms with Gasteiger partial charge in [0.1, 0.15) is 0 Å². The van der Waals surface area contributed by atoms with E-state index in [2.05, 4.69) is 43.4 Å². The normalized spacial score (nSPS) is 11.2. The SMILES string of the molecule is COCCNCCCCCCc1ccc(C(C)C)cc1. The first-order valence-corrected chi connectivity index (χ1v) is 8.02. The van der Waals surface area contributed by atoms with Crippen molar-refractivity contribution in [3.63, 3.8) is 0 Å². The van der Waals surface area contributed by atoms with E-state index in [4.69, 9.17) is 4.74 Å². The van der Waals surface area contributed by atoms with Crippen LogP contribution in [0.25, 0.3) is 0 Å². The Kier molecular flexibility index (Phi) is 9.35. The number of aryl methyl sites for hydroxylation is 1. The predicted octanol–water partition coefficient (Wildman–Crippen LogP) is 4.15. The Hall–Kier alpha value is -0.860. The molecule has 0 amide bonds. The average Bonchev–Trinajstić information content (AvgIpc) is 2.46. The van der Waals surface area contributed by atoms with Gasteiger partial charge >= 0.3 is 0 Å². The van der Waals surface area contributed by atoms with Crippen molar-refractivity contribution in [3.8, 4) is 0 Å². The van der Waals surface area contributed by atoms with Crippen LogP contribution in [0, 0.1) is 0 Å². The third-order valence-corrected chi connectivity index (χ3v) is 3.70. The van der Waals surface area contributed by atoms with Crippen LogP contribution in [-0.2, 0) is 11.2 Å². The molecule has 0 bridgehead atoms. The minimum Gasteiger partial charge on any atom is -0.383 e. The lowest BCUT2D eigenvalue weighted by atomic mass is 9.99. The molecule has 0 saturated carbocycles. The van der Waals surface area contributed by atoms with Gasteiger partial charge in [0.15, 0.2) is 0 Å². The summed E-state index contributed by atoms with van der Waals surface area (Å²) >= 11 is 0. The summed E-state index contributed by atoms with van der Waals surface area (Å²) in [4.78, 5) is 0. The average molecular weight is 277 g/mol. The van der Waals surface area contributed by atoms with Gasteiger partial charge in [0, 0.05) is 13.7 Å². The number of unbranched alkanes of at least 4 members (excludes halogenated alkanes) is 3. The topological polar surface area (TPSA) is 21.3 Å². The van der Waals surface area contributed by atoms with Crippen LogP contribution in [0.4, 0.5) is 0 Å². The van der Waals surface area contributed by atoms with Crippen molar-refractivity contribution >= 4 is 0 Å². The molecule has 0 aliphatic heterocycles. The number of methoxy groups -OCH3 is 1. The first kappa shape index (κ1) is 17.2. The first-order valence-electron chi connectivity index (χ1n) is 8.02. The number of nitrogens with one attached hydrogen (secondary N) is 1. The molecule has 0 aromatic heterocycles. The molecule has 2 nitrogen and oxygen atoms in total. The van der Waals surface area contributed by atoms with Crippen molar-refractivity contribution in [2.24, 2.45) is 0 Å². The second kappa shape index (κ2) is 10.9. The molecule has 0 aliphatic carbocycles. The second-order valence-electron chi connectivity index (χ2n) is 5.80. The Labute approximate surface area is 124 Å². The lowest BCUT2D eigenvalue weighted by molar-refractivity contribution is 0.199. The monoisotopic (exact) mass is 277 g/mol. The fourth-order valence-electron chi connectivity index (χ4n) is 2.30. The van der Waals surface area contributed by atoms with Crippen LogP contribution in [0.1, 0.15) is 56.6 Å². The Morgan fingerprint density at radius 2 is 1.65 bits per heavy atom. The van der Waals surface area contributed by atoms with E-state index in [1.54, 1.807) is 7.11 Å². The van der Waals surface area contributed by atoms with Crippen LogP contribution in [-0.4, -0.2) is 26.8 Å². The van der Waals surface area contributed by atoms with E-state index >= 15 is 0 Å². The molecule has 0 unspecified atom stereocenters. The van der Waals surface area contributed by atoms with E-state index in [1.807, 2.05) is 0 Å². The molecule has 1 rings (SSSR count). The summed E-state index contributed by atoms with van der Waals surface area (Å²) in [5.41, 5.74) is 2.92. The van der Waals surface area contributed by atoms with Gasteiger partial charge in [-0.15, -0.1) is 0 Å². The Balaban J connectivity index is 2.01. The van der Waals surface area contributed by atoms with Crippen LogP contribution in [0.2, 0.25) is 0 Å². The third-order valence-electron chi connectivity index (χ3n) is 3.70. The third kappa shape index (κ3) is 7.66. The quantitative estimate of drug-likeness (QED) is 0.614. The largest absolute Gasteiger partial charge is 0.383 e. The zero-order valence-corrected chi connectivity index (χ0v) is 13.5. The molecule has 0 heterocycles. The van der Waals surface area contributed by atoms with Crippen molar-refractivity contribution in [3.05, 3.63) is 35.4 Å². The maximum Gasteiger partial charge on any atom is 0.0587 e. The molecule has 0 radical (unpaired) electrons. The summed E-state index contributed by atoms with van der Waals surface area (Å²) in [6.07, 6.45) is 6.45. The number of ether oxygens (including phenoxy) is 1. The zero-order chi connectivity index (χ0) is 14.6. The van der Waals surface area contributed by atoms with Crippen LogP contribution in [0.3, 0.4) is 0 Å². The van der Waals surface area contributed by atoms with Crippen molar-refractivity contribution in [2.75, 3.05) is 26.8 Å². The van der Waals surface area contributed by atoms with E-state index in [0.717, 1.165) is 19.7 Å². The zero-order valence-electron chi connectivity index (χ0n) is 13.5. The summed E-state index contributed by atoms with van der Waals surface area (Å²) in [6.45, 7) is 7.39. The molecule has 0 fully saturated rings. The van der Waals surface area contributed by atoms with Crippen LogP contribution in [0.5, 0.6) is 0 Å². The molecule has 2 heteroatoms. The van der Waals surface area contributed by atoms with Gasteiger partial charge in [-0.3, -0.25) is 0 Å². The van der Waals surface area contributed by atoms with E-state index in [1.165, 1.54) is 43.2 Å². The molecule has 0 atom stereocenters. The number of hydrogen-bond acceptors (Lipinski definition) is 2. The van der Waals surface area contributed by atoms with E-state index in [0.29, 0.717) is 5.92 Å². The molecule has 0 spiro atoms. The van der Waals surface area contributed by atoms with Crippen LogP contribution < -0.4 is 5.32 Å². The molecule has 1 aromatic rings. The van der Waals surface area contributed by atoms with Crippen molar-refractivity contribution in [1.82, 2.24) is 5.32 Å². The molecular formula is C18H31NO. The first-order chi connectivity index (χ1) is 9.74. The summed E-state index contributed by atoms with van der Waals surface area (Å²) in [6, 6.07) is 9.14. The van der Waals surface area contributed by atoms with Gasteiger partial charge in [-0.1, -0.05) is 51.0 Å². The van der Waals surface area contributed by atoms with E-state index in [9.17, 15) is 0 Å².